The number of hydrogen-bond donors (Lipinski definition) is 1. The molecule has 1 N–H and O–H groups in total. The van der Waals surface area contributed by atoms with Gasteiger partial charge in [-0.2, -0.15) is 5.10 Å². The molecule has 0 aromatic heterocycles. The van der Waals surface area contributed by atoms with E-state index in [2.05, 4.69) is 10.5 Å². The van der Waals surface area contributed by atoms with Gasteiger partial charge in [0.1, 0.15) is 5.75 Å². The minimum absolute atomic E-state index is 0.130. The lowest BCUT2D eigenvalue weighted by Crippen LogP contribution is -2.24. The topological polar surface area (TPSA) is 129 Å². The van der Waals surface area contributed by atoms with Crippen molar-refractivity contribution in [3.05, 3.63) is 92.0 Å². The SMILES string of the molecule is COc1cc(C=NNC(=O)COc2ccc(Cl)cc2Cl)ccc1OC(=O)c1ccc([N+](=O)[O-])cc1. The van der Waals surface area contributed by atoms with Gasteiger partial charge in [-0.15, -0.1) is 0 Å². The van der Waals surface area contributed by atoms with Crippen molar-refractivity contribution in [3.8, 4) is 17.2 Å². The van der Waals surface area contributed by atoms with E-state index in [0.717, 1.165) is 0 Å². The number of nitro benzene ring substituents is 1. The Morgan fingerprint density at radius 3 is 2.40 bits per heavy atom. The number of non-ortho nitro benzene ring substituents is 1. The predicted octanol–water partition coefficient (Wildman–Crippen LogP) is 4.66. The molecule has 0 bridgehead atoms. The molecule has 0 radical (unpaired) electrons. The molecular formula is C23H17Cl2N3O7. The first kappa shape index (κ1) is 25.5. The van der Waals surface area contributed by atoms with Crippen LogP contribution >= 0.6 is 23.2 Å². The summed E-state index contributed by atoms with van der Waals surface area (Å²) in [4.78, 5) is 34.5. The Balaban J connectivity index is 1.57. The number of ether oxygens (including phenoxy) is 3. The lowest BCUT2D eigenvalue weighted by atomic mass is 10.2. The van der Waals surface area contributed by atoms with Crippen LogP contribution in [0.4, 0.5) is 5.69 Å². The van der Waals surface area contributed by atoms with E-state index in [1.165, 1.54) is 55.8 Å². The van der Waals surface area contributed by atoms with Crippen molar-refractivity contribution in [1.82, 2.24) is 5.43 Å². The standard InChI is InChI=1S/C23H17Cl2N3O7/c1-33-21-10-14(12-26-27-22(29)13-34-19-9-5-16(24)11-18(19)25)2-8-20(21)35-23(30)15-3-6-17(7-4-15)28(31)32/h2-12H,13H2,1H3,(H,27,29). The number of amides is 1. The van der Waals surface area contributed by atoms with Crippen LogP contribution in [0, 0.1) is 10.1 Å². The summed E-state index contributed by atoms with van der Waals surface area (Å²) in [5.41, 5.74) is 2.84. The first-order chi connectivity index (χ1) is 16.8. The van der Waals surface area contributed by atoms with Crippen LogP contribution < -0.4 is 19.6 Å². The summed E-state index contributed by atoms with van der Waals surface area (Å²) in [5, 5.41) is 15.3. The number of benzene rings is 3. The zero-order valence-electron chi connectivity index (χ0n) is 18.1. The number of carbonyl (C=O) groups is 2. The molecule has 0 aliphatic rings. The van der Waals surface area contributed by atoms with E-state index in [9.17, 15) is 19.7 Å². The summed E-state index contributed by atoms with van der Waals surface area (Å²) >= 11 is 11.8. The number of nitrogens with one attached hydrogen (secondary N) is 1. The zero-order chi connectivity index (χ0) is 25.4. The third-order valence-corrected chi connectivity index (χ3v) is 4.89. The molecule has 0 spiro atoms. The van der Waals surface area contributed by atoms with Crippen LogP contribution in [0.15, 0.2) is 65.8 Å². The number of nitrogens with zero attached hydrogens (tertiary/aromatic N) is 2. The van der Waals surface area contributed by atoms with E-state index in [4.69, 9.17) is 37.4 Å². The molecule has 35 heavy (non-hydrogen) atoms. The van der Waals surface area contributed by atoms with Gasteiger partial charge in [-0.05, 0) is 54.1 Å². The molecule has 0 aliphatic heterocycles. The molecule has 12 heteroatoms. The minimum atomic E-state index is -0.715. The minimum Gasteiger partial charge on any atom is -0.493 e. The summed E-state index contributed by atoms with van der Waals surface area (Å²) in [7, 11) is 1.39. The number of hydrazone groups is 1. The Labute approximate surface area is 209 Å². The highest BCUT2D eigenvalue weighted by atomic mass is 35.5. The van der Waals surface area contributed by atoms with Gasteiger partial charge in [0.15, 0.2) is 18.1 Å². The molecule has 3 aromatic rings. The number of methoxy groups -OCH3 is 1. The number of nitro groups is 1. The maximum Gasteiger partial charge on any atom is 0.343 e. The first-order valence-corrected chi connectivity index (χ1v) is 10.6. The van der Waals surface area contributed by atoms with Crippen LogP contribution in [0.25, 0.3) is 0 Å². The Hall–Kier alpha value is -4.15. The first-order valence-electron chi connectivity index (χ1n) is 9.81. The van der Waals surface area contributed by atoms with Crippen molar-refractivity contribution in [2.75, 3.05) is 13.7 Å². The summed E-state index contributed by atoms with van der Waals surface area (Å²) in [6.07, 6.45) is 1.36. The molecule has 1 amide bonds. The molecule has 0 saturated heterocycles. The van der Waals surface area contributed by atoms with Gasteiger partial charge >= 0.3 is 5.97 Å². The Bertz CT molecular complexity index is 1280. The largest absolute Gasteiger partial charge is 0.493 e. The monoisotopic (exact) mass is 517 g/mol. The van der Waals surface area contributed by atoms with E-state index < -0.39 is 16.8 Å². The van der Waals surface area contributed by atoms with Gasteiger partial charge in [-0.1, -0.05) is 23.2 Å². The van der Waals surface area contributed by atoms with Crippen LogP contribution in [0.2, 0.25) is 10.0 Å². The Morgan fingerprint density at radius 2 is 1.74 bits per heavy atom. The van der Waals surface area contributed by atoms with E-state index in [1.54, 1.807) is 18.2 Å². The van der Waals surface area contributed by atoms with E-state index >= 15 is 0 Å². The number of hydrogen-bond acceptors (Lipinski definition) is 8. The maximum absolute atomic E-state index is 12.3. The average molecular weight is 518 g/mol. The number of carbonyl (C=O) groups excluding carboxylic acids is 2. The van der Waals surface area contributed by atoms with Gasteiger partial charge < -0.3 is 14.2 Å². The summed E-state index contributed by atoms with van der Waals surface area (Å²) < 4.78 is 15.9. The highest BCUT2D eigenvalue weighted by Gasteiger charge is 2.14. The third-order valence-electron chi connectivity index (χ3n) is 4.36. The fourth-order valence-corrected chi connectivity index (χ4v) is 3.14. The van der Waals surface area contributed by atoms with Gasteiger partial charge in [0, 0.05) is 17.2 Å². The smallest absolute Gasteiger partial charge is 0.343 e. The quantitative estimate of drug-likeness (QED) is 0.143. The third kappa shape index (κ3) is 7.16. The van der Waals surface area contributed by atoms with Gasteiger partial charge in [-0.3, -0.25) is 14.9 Å². The molecule has 180 valence electrons. The summed E-state index contributed by atoms with van der Waals surface area (Å²) in [6, 6.07) is 14.2. The lowest BCUT2D eigenvalue weighted by Gasteiger charge is -2.10. The van der Waals surface area contributed by atoms with Crippen molar-refractivity contribution in [1.29, 1.82) is 0 Å². The van der Waals surface area contributed by atoms with E-state index in [-0.39, 0.29) is 34.4 Å². The van der Waals surface area contributed by atoms with Gasteiger partial charge in [0.05, 0.1) is 28.8 Å². The molecule has 0 saturated carbocycles. The number of esters is 1. The second-order valence-corrected chi connectivity index (χ2v) is 7.60. The lowest BCUT2D eigenvalue weighted by molar-refractivity contribution is -0.384. The molecule has 3 rings (SSSR count). The highest BCUT2D eigenvalue weighted by Crippen LogP contribution is 2.29. The van der Waals surface area contributed by atoms with Crippen molar-refractivity contribution in [2.24, 2.45) is 5.10 Å². The molecule has 0 aliphatic carbocycles. The van der Waals surface area contributed by atoms with Gasteiger partial charge in [0.2, 0.25) is 0 Å². The molecular weight excluding hydrogens is 501 g/mol. The van der Waals surface area contributed by atoms with Crippen LogP contribution in [-0.2, 0) is 4.79 Å². The highest BCUT2D eigenvalue weighted by molar-refractivity contribution is 6.35. The normalized spacial score (nSPS) is 10.6. The van der Waals surface area contributed by atoms with Crippen molar-refractivity contribution >= 4 is 47.0 Å². The number of halogens is 2. The summed E-state index contributed by atoms with van der Waals surface area (Å²) in [5.74, 6) is -0.569. The zero-order valence-corrected chi connectivity index (χ0v) is 19.6. The van der Waals surface area contributed by atoms with Gasteiger partial charge in [0.25, 0.3) is 11.6 Å². The van der Waals surface area contributed by atoms with Crippen LogP contribution in [-0.4, -0.2) is 36.7 Å². The van der Waals surface area contributed by atoms with E-state index in [0.29, 0.717) is 16.3 Å². The maximum atomic E-state index is 12.3. The molecule has 10 nitrogen and oxygen atoms in total. The van der Waals surface area contributed by atoms with Crippen LogP contribution in [0.5, 0.6) is 17.2 Å². The summed E-state index contributed by atoms with van der Waals surface area (Å²) in [6.45, 7) is -0.320. The second-order valence-electron chi connectivity index (χ2n) is 6.76. The van der Waals surface area contributed by atoms with E-state index in [1.807, 2.05) is 0 Å². The van der Waals surface area contributed by atoms with Crippen molar-refractivity contribution in [3.63, 3.8) is 0 Å². The van der Waals surface area contributed by atoms with Crippen LogP contribution in [0.1, 0.15) is 15.9 Å². The molecule has 0 heterocycles. The van der Waals surface area contributed by atoms with Gasteiger partial charge in [-0.25, -0.2) is 10.2 Å². The fourth-order valence-electron chi connectivity index (χ4n) is 2.67. The van der Waals surface area contributed by atoms with Crippen LogP contribution in [0.3, 0.4) is 0 Å². The second kappa shape index (κ2) is 11.8. The predicted molar refractivity (Wildman–Crippen MR) is 129 cm³/mol. The molecule has 3 aromatic carbocycles. The molecule has 0 unspecified atom stereocenters. The Morgan fingerprint density at radius 1 is 1.03 bits per heavy atom. The average Bonchev–Trinajstić information content (AvgIpc) is 2.84. The number of rotatable bonds is 9. The fraction of sp³-hybridized carbons (Fsp3) is 0.0870. The Kier molecular flexibility index (Phi) is 8.60. The van der Waals surface area contributed by atoms with Crippen molar-refractivity contribution in [2.45, 2.75) is 0 Å². The molecule has 0 atom stereocenters. The molecule has 0 fully saturated rings. The van der Waals surface area contributed by atoms with Crippen molar-refractivity contribution < 1.29 is 28.7 Å².